The van der Waals surface area contributed by atoms with Crippen molar-refractivity contribution in [1.29, 1.82) is 0 Å². The van der Waals surface area contributed by atoms with Gasteiger partial charge >= 0.3 is 0 Å². The van der Waals surface area contributed by atoms with Crippen LogP contribution in [0.15, 0.2) is 65.7 Å². The van der Waals surface area contributed by atoms with E-state index in [0.717, 1.165) is 21.6 Å². The van der Waals surface area contributed by atoms with Crippen LogP contribution in [0.25, 0.3) is 11.6 Å². The standard InChI is InChI=1S/C28H31NO5/c1-17-14-21-26(28(34)29(2)27(21)33)22(16-30)25(17)24(32)13-12-19(18-8-4-3-5-9-18)15-20-10-6-7-11-23(20)31/h3-11,15,21-22,24,26,30-32H,12-14,16H2,1-2H3/b19-15-/t21-,22+,24-,26-/m1/s1. The number of likely N-dealkylation sites (tertiary alicyclic amines) is 1. The molecule has 2 aliphatic rings. The van der Waals surface area contributed by atoms with Crippen molar-refractivity contribution in [2.75, 3.05) is 13.7 Å². The van der Waals surface area contributed by atoms with Gasteiger partial charge in [0.25, 0.3) is 0 Å². The molecule has 1 aliphatic carbocycles. The lowest BCUT2D eigenvalue weighted by Gasteiger charge is -2.35. The van der Waals surface area contributed by atoms with Gasteiger partial charge in [0.05, 0.1) is 24.5 Å². The van der Waals surface area contributed by atoms with Crippen molar-refractivity contribution >= 4 is 23.5 Å². The van der Waals surface area contributed by atoms with Crippen molar-refractivity contribution in [2.24, 2.45) is 17.8 Å². The maximum atomic E-state index is 12.7. The van der Waals surface area contributed by atoms with Crippen LogP contribution in [0.5, 0.6) is 5.75 Å². The molecule has 1 saturated heterocycles. The monoisotopic (exact) mass is 461 g/mol. The van der Waals surface area contributed by atoms with Crippen molar-refractivity contribution < 1.29 is 24.9 Å². The second-order valence-corrected chi connectivity index (χ2v) is 9.25. The average Bonchev–Trinajstić information content (AvgIpc) is 3.05. The fraction of sp³-hybridized carbons (Fsp3) is 0.357. The lowest BCUT2D eigenvalue weighted by atomic mass is 9.68. The van der Waals surface area contributed by atoms with Crippen LogP contribution < -0.4 is 0 Å². The minimum atomic E-state index is -0.858. The van der Waals surface area contributed by atoms with E-state index < -0.39 is 23.9 Å². The highest BCUT2D eigenvalue weighted by Gasteiger charge is 2.53. The van der Waals surface area contributed by atoms with Gasteiger partial charge in [0, 0.05) is 18.5 Å². The van der Waals surface area contributed by atoms with E-state index >= 15 is 0 Å². The molecule has 2 aromatic rings. The van der Waals surface area contributed by atoms with Gasteiger partial charge in [-0.25, -0.2) is 0 Å². The summed E-state index contributed by atoms with van der Waals surface area (Å²) in [7, 11) is 1.48. The molecule has 178 valence electrons. The number of carbonyl (C=O) groups is 2. The van der Waals surface area contributed by atoms with Gasteiger partial charge in [-0.3, -0.25) is 14.5 Å². The molecule has 4 rings (SSSR count). The van der Waals surface area contributed by atoms with Gasteiger partial charge in [-0.1, -0.05) is 54.1 Å². The van der Waals surface area contributed by atoms with Crippen LogP contribution in [0.4, 0.5) is 0 Å². The predicted molar refractivity (Wildman–Crippen MR) is 130 cm³/mol. The Balaban J connectivity index is 1.60. The topological polar surface area (TPSA) is 98.1 Å². The zero-order valence-corrected chi connectivity index (χ0v) is 19.5. The summed E-state index contributed by atoms with van der Waals surface area (Å²) >= 11 is 0. The van der Waals surface area contributed by atoms with Crippen molar-refractivity contribution in [1.82, 2.24) is 4.90 Å². The normalized spacial score (nSPS) is 23.9. The summed E-state index contributed by atoms with van der Waals surface area (Å²) in [5.74, 6) is -1.97. The predicted octanol–water partition coefficient (Wildman–Crippen LogP) is 3.63. The van der Waals surface area contributed by atoms with Gasteiger partial charge < -0.3 is 15.3 Å². The molecule has 1 fully saturated rings. The largest absolute Gasteiger partial charge is 0.507 e. The van der Waals surface area contributed by atoms with Gasteiger partial charge in [0.1, 0.15) is 5.75 Å². The Morgan fingerprint density at radius 3 is 2.44 bits per heavy atom. The van der Waals surface area contributed by atoms with Crippen molar-refractivity contribution in [3.8, 4) is 5.75 Å². The molecule has 0 spiro atoms. The number of para-hydroxylation sites is 1. The Hall–Kier alpha value is -3.22. The number of benzene rings is 2. The molecule has 0 radical (unpaired) electrons. The van der Waals surface area contributed by atoms with E-state index in [-0.39, 0.29) is 24.2 Å². The Bertz CT molecular complexity index is 1140. The van der Waals surface area contributed by atoms with Crippen LogP contribution in [0.3, 0.4) is 0 Å². The maximum absolute atomic E-state index is 12.7. The average molecular weight is 462 g/mol. The number of hydrogen-bond donors (Lipinski definition) is 3. The number of amides is 2. The minimum absolute atomic E-state index is 0.183. The molecule has 0 saturated carbocycles. The number of aromatic hydroxyl groups is 1. The zero-order chi connectivity index (χ0) is 24.4. The van der Waals surface area contributed by atoms with Crippen LogP contribution in [-0.2, 0) is 9.59 Å². The number of phenols is 1. The quantitative estimate of drug-likeness (QED) is 0.332. The third-order valence-electron chi connectivity index (χ3n) is 7.20. The second-order valence-electron chi connectivity index (χ2n) is 9.25. The van der Waals surface area contributed by atoms with E-state index in [0.29, 0.717) is 30.4 Å². The SMILES string of the molecule is CC1=C([C@H](O)CC/C(=C/c2ccccc2O)c2ccccc2)[C@H](CO)[C@@H]2C(=O)N(C)C(=O)[C@@H]2C1. The van der Waals surface area contributed by atoms with E-state index in [1.54, 1.807) is 12.1 Å². The smallest absolute Gasteiger partial charge is 0.233 e. The molecule has 1 heterocycles. The van der Waals surface area contributed by atoms with Gasteiger partial charge in [-0.15, -0.1) is 0 Å². The highest BCUT2D eigenvalue weighted by molar-refractivity contribution is 6.05. The third-order valence-corrected chi connectivity index (χ3v) is 7.20. The van der Waals surface area contributed by atoms with E-state index in [1.165, 1.54) is 7.05 Å². The van der Waals surface area contributed by atoms with Crippen molar-refractivity contribution in [2.45, 2.75) is 32.3 Å². The molecule has 0 bridgehead atoms. The molecule has 4 atom stereocenters. The van der Waals surface area contributed by atoms with E-state index in [4.69, 9.17) is 0 Å². The lowest BCUT2D eigenvalue weighted by molar-refractivity contribution is -0.138. The lowest BCUT2D eigenvalue weighted by Crippen LogP contribution is -2.38. The summed E-state index contributed by atoms with van der Waals surface area (Å²) in [6, 6.07) is 16.9. The Labute approximate surface area is 199 Å². The number of imide groups is 1. The summed E-state index contributed by atoms with van der Waals surface area (Å²) in [6.07, 6.45) is 2.39. The number of rotatable bonds is 7. The number of allylic oxidation sites excluding steroid dienone is 2. The van der Waals surface area contributed by atoms with Crippen LogP contribution in [0.1, 0.15) is 37.3 Å². The molecule has 3 N–H and O–H groups in total. The number of nitrogens with zero attached hydrogens (tertiary/aromatic N) is 1. The van der Waals surface area contributed by atoms with Crippen LogP contribution in [0, 0.1) is 17.8 Å². The van der Waals surface area contributed by atoms with Crippen LogP contribution in [-0.4, -0.2) is 51.8 Å². The van der Waals surface area contributed by atoms with Gasteiger partial charge in [0.2, 0.25) is 11.8 Å². The Morgan fingerprint density at radius 2 is 1.76 bits per heavy atom. The number of phenolic OH excluding ortho intramolecular Hbond substituents is 1. The first-order valence-electron chi connectivity index (χ1n) is 11.7. The second kappa shape index (κ2) is 9.95. The van der Waals surface area contributed by atoms with E-state index in [1.807, 2.05) is 55.5 Å². The summed E-state index contributed by atoms with van der Waals surface area (Å²) in [5.41, 5.74) is 4.19. The fourth-order valence-electron chi connectivity index (χ4n) is 5.47. The Kier molecular flexibility index (Phi) is 7.00. The number of aliphatic hydroxyl groups excluding tert-OH is 2. The highest BCUT2D eigenvalue weighted by atomic mass is 16.3. The number of carbonyl (C=O) groups excluding carboxylic acids is 2. The molecule has 2 amide bonds. The van der Waals surface area contributed by atoms with Crippen molar-refractivity contribution in [3.05, 3.63) is 76.9 Å². The van der Waals surface area contributed by atoms with Gasteiger partial charge in [0.15, 0.2) is 0 Å². The number of hydrogen-bond acceptors (Lipinski definition) is 5. The van der Waals surface area contributed by atoms with Crippen LogP contribution in [0.2, 0.25) is 0 Å². The first-order chi connectivity index (χ1) is 16.3. The highest BCUT2D eigenvalue weighted by Crippen LogP contribution is 2.45. The molecule has 2 aromatic carbocycles. The minimum Gasteiger partial charge on any atom is -0.507 e. The van der Waals surface area contributed by atoms with Crippen molar-refractivity contribution in [3.63, 3.8) is 0 Å². The molecule has 34 heavy (non-hydrogen) atoms. The summed E-state index contributed by atoms with van der Waals surface area (Å²) in [4.78, 5) is 26.4. The zero-order valence-electron chi connectivity index (χ0n) is 19.5. The molecule has 6 nitrogen and oxygen atoms in total. The third kappa shape index (κ3) is 4.43. The summed E-state index contributed by atoms with van der Waals surface area (Å²) < 4.78 is 0. The summed E-state index contributed by atoms with van der Waals surface area (Å²) in [6.45, 7) is 1.58. The number of fused-ring (bicyclic) bond motifs is 1. The van der Waals surface area contributed by atoms with E-state index in [9.17, 15) is 24.9 Å². The maximum Gasteiger partial charge on any atom is 0.233 e. The first-order valence-corrected chi connectivity index (χ1v) is 11.7. The van der Waals surface area contributed by atoms with E-state index in [2.05, 4.69) is 0 Å². The molecule has 0 unspecified atom stereocenters. The molecular formula is C28H31NO5. The molecule has 1 aliphatic heterocycles. The van der Waals surface area contributed by atoms with Crippen LogP contribution >= 0.6 is 0 Å². The molecular weight excluding hydrogens is 430 g/mol. The fourth-order valence-corrected chi connectivity index (χ4v) is 5.47. The Morgan fingerprint density at radius 1 is 1.09 bits per heavy atom. The number of aliphatic hydroxyl groups is 2. The molecule has 0 aromatic heterocycles. The summed E-state index contributed by atoms with van der Waals surface area (Å²) in [5, 5.41) is 31.7. The first kappa shape index (κ1) is 23.9. The van der Waals surface area contributed by atoms with Gasteiger partial charge in [-0.2, -0.15) is 0 Å². The molecule has 6 heteroatoms. The van der Waals surface area contributed by atoms with Gasteiger partial charge in [-0.05, 0) is 55.0 Å².